The molecule has 0 radical (unpaired) electrons. The highest BCUT2D eigenvalue weighted by Crippen LogP contribution is 2.30. The molecule has 28 heavy (non-hydrogen) atoms. The van der Waals surface area contributed by atoms with E-state index in [4.69, 9.17) is 9.26 Å². The van der Waals surface area contributed by atoms with Gasteiger partial charge in [0.1, 0.15) is 5.75 Å². The van der Waals surface area contributed by atoms with Gasteiger partial charge in [-0.3, -0.25) is 4.79 Å². The molecular formula is C22H23N3O3. The number of nitrogens with zero attached hydrogens (tertiary/aromatic N) is 2. The molecule has 0 aliphatic heterocycles. The Morgan fingerprint density at radius 3 is 2.82 bits per heavy atom. The lowest BCUT2D eigenvalue weighted by atomic mass is 9.91. The van der Waals surface area contributed by atoms with Gasteiger partial charge < -0.3 is 14.6 Å². The van der Waals surface area contributed by atoms with Crippen molar-refractivity contribution >= 4 is 5.91 Å². The molecular weight excluding hydrogens is 354 g/mol. The average molecular weight is 377 g/mol. The SMILES string of the molecule is CC(Oc1cccc2c1CCCC2)C(=O)NCc1nc(-c2ccccc2)no1. The van der Waals surface area contributed by atoms with Crippen LogP contribution in [0.1, 0.15) is 36.8 Å². The summed E-state index contributed by atoms with van der Waals surface area (Å²) in [7, 11) is 0. The molecule has 1 aliphatic rings. The van der Waals surface area contributed by atoms with Gasteiger partial charge in [-0.1, -0.05) is 47.6 Å². The zero-order chi connectivity index (χ0) is 19.3. The van der Waals surface area contributed by atoms with E-state index in [-0.39, 0.29) is 12.5 Å². The predicted molar refractivity (Wildman–Crippen MR) is 105 cm³/mol. The van der Waals surface area contributed by atoms with Crippen LogP contribution in [0.4, 0.5) is 0 Å². The largest absolute Gasteiger partial charge is 0.481 e. The van der Waals surface area contributed by atoms with Crippen LogP contribution in [0.5, 0.6) is 5.75 Å². The number of aryl methyl sites for hydroxylation is 1. The summed E-state index contributed by atoms with van der Waals surface area (Å²) in [6.45, 7) is 1.92. The summed E-state index contributed by atoms with van der Waals surface area (Å²) in [5, 5.41) is 6.76. The fourth-order valence-electron chi connectivity index (χ4n) is 3.44. The second-order valence-corrected chi connectivity index (χ2v) is 6.96. The van der Waals surface area contributed by atoms with E-state index in [0.29, 0.717) is 11.7 Å². The molecule has 0 saturated heterocycles. The first kappa shape index (κ1) is 18.2. The summed E-state index contributed by atoms with van der Waals surface area (Å²) in [5.41, 5.74) is 3.43. The van der Waals surface area contributed by atoms with Crippen molar-refractivity contribution in [3.05, 3.63) is 65.5 Å². The lowest BCUT2D eigenvalue weighted by Crippen LogP contribution is -2.36. The molecule has 6 heteroatoms. The van der Waals surface area contributed by atoms with Crippen molar-refractivity contribution in [2.45, 2.75) is 45.3 Å². The van der Waals surface area contributed by atoms with Gasteiger partial charge in [-0.2, -0.15) is 4.98 Å². The highest BCUT2D eigenvalue weighted by Gasteiger charge is 2.20. The monoisotopic (exact) mass is 377 g/mol. The van der Waals surface area contributed by atoms with Gasteiger partial charge in [-0.15, -0.1) is 0 Å². The smallest absolute Gasteiger partial charge is 0.261 e. The molecule has 6 nitrogen and oxygen atoms in total. The number of rotatable bonds is 6. The van der Waals surface area contributed by atoms with Gasteiger partial charge in [-0.05, 0) is 49.8 Å². The fourth-order valence-corrected chi connectivity index (χ4v) is 3.44. The summed E-state index contributed by atoms with van der Waals surface area (Å²) in [6, 6.07) is 15.6. The van der Waals surface area contributed by atoms with E-state index < -0.39 is 6.10 Å². The Bertz CT molecular complexity index is 953. The standard InChI is InChI=1S/C22H23N3O3/c1-15(27-19-13-7-11-16-8-5-6-12-18(16)19)22(26)23-14-20-24-21(25-28-20)17-9-3-2-4-10-17/h2-4,7,9-11,13,15H,5-6,8,12,14H2,1H3,(H,23,26). The third-order valence-electron chi connectivity index (χ3n) is 4.94. The predicted octanol–water partition coefficient (Wildman–Crippen LogP) is 3.70. The van der Waals surface area contributed by atoms with Crippen molar-refractivity contribution in [3.8, 4) is 17.1 Å². The minimum absolute atomic E-state index is 0.166. The maximum absolute atomic E-state index is 12.4. The van der Waals surface area contributed by atoms with Gasteiger partial charge in [0.15, 0.2) is 6.10 Å². The van der Waals surface area contributed by atoms with Crippen LogP contribution in [0.2, 0.25) is 0 Å². The molecule has 1 amide bonds. The maximum atomic E-state index is 12.4. The van der Waals surface area contributed by atoms with Crippen LogP contribution in [0.25, 0.3) is 11.4 Å². The van der Waals surface area contributed by atoms with Gasteiger partial charge in [-0.25, -0.2) is 0 Å². The van der Waals surface area contributed by atoms with E-state index in [0.717, 1.165) is 30.6 Å². The number of hydrogen-bond acceptors (Lipinski definition) is 5. The number of benzene rings is 2. The zero-order valence-electron chi connectivity index (χ0n) is 15.9. The number of amides is 1. The first-order chi connectivity index (χ1) is 13.7. The van der Waals surface area contributed by atoms with E-state index >= 15 is 0 Å². The summed E-state index contributed by atoms with van der Waals surface area (Å²) in [5.74, 6) is 1.46. The molecule has 1 atom stereocenters. The first-order valence-corrected chi connectivity index (χ1v) is 9.64. The van der Waals surface area contributed by atoms with Gasteiger partial charge in [0, 0.05) is 5.56 Å². The first-order valence-electron chi connectivity index (χ1n) is 9.64. The minimum Gasteiger partial charge on any atom is -0.481 e. The van der Waals surface area contributed by atoms with E-state index in [1.54, 1.807) is 6.92 Å². The summed E-state index contributed by atoms with van der Waals surface area (Å²) in [6.07, 6.45) is 3.85. The molecule has 144 valence electrons. The highest BCUT2D eigenvalue weighted by molar-refractivity contribution is 5.80. The molecule has 4 rings (SSSR count). The zero-order valence-corrected chi connectivity index (χ0v) is 15.9. The molecule has 1 aromatic heterocycles. The molecule has 0 bridgehead atoms. The molecule has 1 heterocycles. The molecule has 2 aromatic carbocycles. The molecule has 0 saturated carbocycles. The number of aromatic nitrogens is 2. The Hall–Kier alpha value is -3.15. The van der Waals surface area contributed by atoms with Crippen molar-refractivity contribution in [2.24, 2.45) is 0 Å². The Labute approximate surface area is 163 Å². The van der Waals surface area contributed by atoms with Crippen LogP contribution in [0, 0.1) is 0 Å². The number of hydrogen-bond donors (Lipinski definition) is 1. The molecule has 0 fully saturated rings. The van der Waals surface area contributed by atoms with Crippen molar-refractivity contribution in [2.75, 3.05) is 0 Å². The van der Waals surface area contributed by atoms with Gasteiger partial charge in [0.25, 0.3) is 5.91 Å². The minimum atomic E-state index is -0.607. The fraction of sp³-hybridized carbons (Fsp3) is 0.318. The highest BCUT2D eigenvalue weighted by atomic mass is 16.5. The van der Waals surface area contributed by atoms with E-state index in [2.05, 4.69) is 21.5 Å². The van der Waals surface area contributed by atoms with Crippen LogP contribution < -0.4 is 10.1 Å². The van der Waals surface area contributed by atoms with Crippen molar-refractivity contribution in [1.82, 2.24) is 15.5 Å². The van der Waals surface area contributed by atoms with E-state index in [1.165, 1.54) is 17.5 Å². The van der Waals surface area contributed by atoms with Crippen LogP contribution in [0.15, 0.2) is 53.1 Å². The van der Waals surface area contributed by atoms with Crippen molar-refractivity contribution in [3.63, 3.8) is 0 Å². The van der Waals surface area contributed by atoms with Crippen LogP contribution >= 0.6 is 0 Å². The third kappa shape index (κ3) is 4.06. The number of carbonyl (C=O) groups is 1. The number of ether oxygens (including phenoxy) is 1. The molecule has 3 aromatic rings. The maximum Gasteiger partial charge on any atom is 0.261 e. The Morgan fingerprint density at radius 2 is 1.96 bits per heavy atom. The third-order valence-corrected chi connectivity index (χ3v) is 4.94. The Kier molecular flexibility index (Phi) is 5.37. The summed E-state index contributed by atoms with van der Waals surface area (Å²) >= 11 is 0. The second-order valence-electron chi connectivity index (χ2n) is 6.96. The lowest BCUT2D eigenvalue weighted by molar-refractivity contribution is -0.127. The summed E-state index contributed by atoms with van der Waals surface area (Å²) in [4.78, 5) is 16.8. The van der Waals surface area contributed by atoms with Crippen LogP contribution in [0.3, 0.4) is 0 Å². The lowest BCUT2D eigenvalue weighted by Gasteiger charge is -2.21. The number of carbonyl (C=O) groups excluding carboxylic acids is 1. The van der Waals surface area contributed by atoms with E-state index in [9.17, 15) is 4.79 Å². The number of fused-ring (bicyclic) bond motifs is 1. The molecule has 0 spiro atoms. The van der Waals surface area contributed by atoms with Crippen molar-refractivity contribution in [1.29, 1.82) is 0 Å². The summed E-state index contributed by atoms with van der Waals surface area (Å²) < 4.78 is 11.2. The second kappa shape index (κ2) is 8.25. The molecule has 1 unspecified atom stereocenters. The van der Waals surface area contributed by atoms with Gasteiger partial charge >= 0.3 is 0 Å². The topological polar surface area (TPSA) is 77.2 Å². The molecule has 1 N–H and O–H groups in total. The quantitative estimate of drug-likeness (QED) is 0.709. The Morgan fingerprint density at radius 1 is 1.14 bits per heavy atom. The molecule has 1 aliphatic carbocycles. The van der Waals surface area contributed by atoms with Gasteiger partial charge in [0.05, 0.1) is 6.54 Å². The number of nitrogens with one attached hydrogen (secondary N) is 1. The van der Waals surface area contributed by atoms with E-state index in [1.807, 2.05) is 42.5 Å². The average Bonchev–Trinajstić information content (AvgIpc) is 3.22. The van der Waals surface area contributed by atoms with Gasteiger partial charge in [0.2, 0.25) is 11.7 Å². The van der Waals surface area contributed by atoms with Crippen molar-refractivity contribution < 1.29 is 14.1 Å². The normalized spacial score (nSPS) is 14.2. The Balaban J connectivity index is 1.35. The van der Waals surface area contributed by atoms with Crippen LogP contribution in [-0.2, 0) is 24.2 Å². The van der Waals surface area contributed by atoms with Crippen LogP contribution in [-0.4, -0.2) is 22.2 Å².